The van der Waals surface area contributed by atoms with Crippen molar-refractivity contribution in [2.75, 3.05) is 13.2 Å². The third kappa shape index (κ3) is 4.28. The van der Waals surface area contributed by atoms with Crippen molar-refractivity contribution in [2.24, 2.45) is 0 Å². The smallest absolute Gasteiger partial charge is 0.242 e. The van der Waals surface area contributed by atoms with Crippen LogP contribution in [0.15, 0.2) is 65.7 Å². The number of hydrogen-bond acceptors (Lipinski definition) is 4. The van der Waals surface area contributed by atoms with E-state index in [9.17, 15) is 8.42 Å². The van der Waals surface area contributed by atoms with Crippen molar-refractivity contribution in [3.63, 3.8) is 0 Å². The molecule has 1 heterocycles. The van der Waals surface area contributed by atoms with Crippen LogP contribution in [0.2, 0.25) is 5.02 Å². The summed E-state index contributed by atoms with van der Waals surface area (Å²) in [6.45, 7) is 0.631. The minimum atomic E-state index is -3.62. The second-order valence-corrected chi connectivity index (χ2v) is 7.50. The van der Waals surface area contributed by atoms with Crippen LogP contribution in [-0.4, -0.2) is 26.6 Å². The quantitative estimate of drug-likeness (QED) is 0.639. The lowest BCUT2D eigenvalue weighted by Gasteiger charge is -2.10. The van der Waals surface area contributed by atoms with E-state index in [4.69, 9.17) is 16.3 Å². The van der Waals surface area contributed by atoms with E-state index in [1.165, 1.54) is 6.07 Å². The molecule has 0 amide bonds. The highest BCUT2D eigenvalue weighted by atomic mass is 35.5. The highest BCUT2D eigenvalue weighted by Gasteiger charge is 2.16. The van der Waals surface area contributed by atoms with Gasteiger partial charge in [0.25, 0.3) is 0 Å². The van der Waals surface area contributed by atoms with Crippen molar-refractivity contribution < 1.29 is 13.2 Å². The Kier molecular flexibility index (Phi) is 5.53. The van der Waals surface area contributed by atoms with E-state index in [1.807, 2.05) is 30.3 Å². The number of nitrogens with zero attached hydrogens (tertiary/aromatic N) is 1. The molecule has 25 heavy (non-hydrogen) atoms. The van der Waals surface area contributed by atoms with Gasteiger partial charge in [0.2, 0.25) is 10.0 Å². The molecule has 0 radical (unpaired) electrons. The summed E-state index contributed by atoms with van der Waals surface area (Å²) in [5, 5.41) is 1.20. The highest BCUT2D eigenvalue weighted by molar-refractivity contribution is 7.89. The first-order valence-electron chi connectivity index (χ1n) is 7.79. The molecule has 1 aromatic heterocycles. The van der Waals surface area contributed by atoms with Crippen molar-refractivity contribution in [2.45, 2.75) is 11.3 Å². The minimum absolute atomic E-state index is 0.0795. The average Bonchev–Trinajstić information content (AvgIpc) is 2.62. The van der Waals surface area contributed by atoms with Gasteiger partial charge in [-0.1, -0.05) is 41.9 Å². The van der Waals surface area contributed by atoms with Gasteiger partial charge in [0, 0.05) is 18.1 Å². The van der Waals surface area contributed by atoms with Crippen LogP contribution < -0.4 is 9.46 Å². The molecule has 5 nitrogen and oxygen atoms in total. The number of para-hydroxylation sites is 1. The van der Waals surface area contributed by atoms with E-state index in [2.05, 4.69) is 9.71 Å². The maximum absolute atomic E-state index is 12.2. The van der Waals surface area contributed by atoms with Crippen molar-refractivity contribution in [1.29, 1.82) is 0 Å². The third-order valence-electron chi connectivity index (χ3n) is 3.59. The molecule has 0 unspecified atom stereocenters. The van der Waals surface area contributed by atoms with Crippen LogP contribution in [0, 0.1) is 0 Å². The predicted molar refractivity (Wildman–Crippen MR) is 98.5 cm³/mol. The lowest BCUT2D eigenvalue weighted by Crippen LogP contribution is -2.26. The number of hydrogen-bond donors (Lipinski definition) is 1. The molecule has 3 rings (SSSR count). The van der Waals surface area contributed by atoms with Gasteiger partial charge >= 0.3 is 0 Å². The van der Waals surface area contributed by atoms with E-state index in [0.29, 0.717) is 18.8 Å². The molecule has 0 saturated heterocycles. The van der Waals surface area contributed by atoms with E-state index in [1.54, 1.807) is 24.4 Å². The largest absolute Gasteiger partial charge is 0.491 e. The fraction of sp³-hybridized carbons (Fsp3) is 0.167. The van der Waals surface area contributed by atoms with Crippen molar-refractivity contribution in [1.82, 2.24) is 9.71 Å². The number of pyridine rings is 1. The zero-order valence-electron chi connectivity index (χ0n) is 13.4. The highest BCUT2D eigenvalue weighted by Crippen LogP contribution is 2.23. The van der Waals surface area contributed by atoms with Crippen molar-refractivity contribution >= 4 is 32.5 Å². The first-order valence-corrected chi connectivity index (χ1v) is 9.65. The first-order chi connectivity index (χ1) is 12.1. The SMILES string of the molecule is O=S(=O)(NCCCOc1cccc2cccnc12)c1ccccc1Cl. The van der Waals surface area contributed by atoms with Gasteiger partial charge in [-0.05, 0) is 30.7 Å². The normalized spacial score (nSPS) is 11.6. The van der Waals surface area contributed by atoms with E-state index in [0.717, 1.165) is 10.9 Å². The molecular weight excluding hydrogens is 360 g/mol. The Morgan fingerprint density at radius 1 is 1.04 bits per heavy atom. The average molecular weight is 377 g/mol. The van der Waals surface area contributed by atoms with E-state index < -0.39 is 10.0 Å². The molecule has 1 N–H and O–H groups in total. The van der Waals surface area contributed by atoms with Gasteiger partial charge < -0.3 is 4.74 Å². The summed E-state index contributed by atoms with van der Waals surface area (Å²) in [6.07, 6.45) is 2.24. The Labute approximate surface area is 151 Å². The number of rotatable bonds is 7. The molecule has 0 saturated carbocycles. The standard InChI is InChI=1S/C18H17ClN2O3S/c19-15-8-1-2-10-17(15)25(22,23)21-12-5-13-24-16-9-3-6-14-7-4-11-20-18(14)16/h1-4,6-11,21H,5,12-13H2. The fourth-order valence-electron chi connectivity index (χ4n) is 2.39. The zero-order chi connectivity index (χ0) is 17.7. The second kappa shape index (κ2) is 7.82. The fourth-order valence-corrected chi connectivity index (χ4v) is 3.99. The number of halogens is 1. The number of aromatic nitrogens is 1. The number of nitrogens with one attached hydrogen (secondary N) is 1. The zero-order valence-corrected chi connectivity index (χ0v) is 14.9. The molecule has 0 fully saturated rings. The minimum Gasteiger partial charge on any atom is -0.491 e. The predicted octanol–water partition coefficient (Wildman–Crippen LogP) is 3.64. The van der Waals surface area contributed by atoms with Crippen LogP contribution >= 0.6 is 11.6 Å². The van der Waals surface area contributed by atoms with Gasteiger partial charge in [0.15, 0.2) is 0 Å². The van der Waals surface area contributed by atoms with Crippen LogP contribution in [0.1, 0.15) is 6.42 Å². The first kappa shape index (κ1) is 17.7. The lowest BCUT2D eigenvalue weighted by atomic mass is 10.2. The molecule has 0 atom stereocenters. The summed E-state index contributed by atoms with van der Waals surface area (Å²) in [7, 11) is -3.62. The Morgan fingerprint density at radius 2 is 1.84 bits per heavy atom. The molecule has 0 aliphatic heterocycles. The molecule has 3 aromatic rings. The maximum atomic E-state index is 12.2. The van der Waals surface area contributed by atoms with Crippen molar-refractivity contribution in [3.05, 3.63) is 65.8 Å². The van der Waals surface area contributed by atoms with Gasteiger partial charge in [-0.3, -0.25) is 4.98 Å². The summed E-state index contributed by atoms with van der Waals surface area (Å²) >= 11 is 5.93. The van der Waals surface area contributed by atoms with E-state index >= 15 is 0 Å². The number of ether oxygens (including phenoxy) is 1. The molecule has 0 spiro atoms. The Morgan fingerprint density at radius 3 is 2.68 bits per heavy atom. The number of sulfonamides is 1. The molecule has 2 aromatic carbocycles. The van der Waals surface area contributed by atoms with Crippen LogP contribution in [0.3, 0.4) is 0 Å². The van der Waals surface area contributed by atoms with Crippen LogP contribution in [0.5, 0.6) is 5.75 Å². The second-order valence-electron chi connectivity index (χ2n) is 5.36. The summed E-state index contributed by atoms with van der Waals surface area (Å²) in [5.41, 5.74) is 0.793. The van der Waals surface area contributed by atoms with Gasteiger partial charge in [0.05, 0.1) is 11.6 Å². The molecule has 130 valence electrons. The van der Waals surface area contributed by atoms with Crippen LogP contribution in [0.4, 0.5) is 0 Å². The number of fused-ring (bicyclic) bond motifs is 1. The lowest BCUT2D eigenvalue weighted by molar-refractivity contribution is 0.314. The van der Waals surface area contributed by atoms with Crippen LogP contribution in [-0.2, 0) is 10.0 Å². The molecule has 7 heteroatoms. The summed E-state index contributed by atoms with van der Waals surface area (Å²) in [5.74, 6) is 0.687. The van der Waals surface area contributed by atoms with E-state index in [-0.39, 0.29) is 16.5 Å². The Balaban J connectivity index is 1.54. The van der Waals surface area contributed by atoms with Gasteiger partial charge in [-0.25, -0.2) is 13.1 Å². The third-order valence-corrected chi connectivity index (χ3v) is 5.55. The molecule has 0 aliphatic carbocycles. The Hall–Kier alpha value is -2.15. The van der Waals surface area contributed by atoms with Crippen LogP contribution in [0.25, 0.3) is 10.9 Å². The van der Waals surface area contributed by atoms with Gasteiger partial charge in [0.1, 0.15) is 16.2 Å². The summed E-state index contributed by atoms with van der Waals surface area (Å²) < 4.78 is 32.7. The summed E-state index contributed by atoms with van der Waals surface area (Å²) in [6, 6.07) is 15.9. The van der Waals surface area contributed by atoms with Gasteiger partial charge in [-0.15, -0.1) is 0 Å². The van der Waals surface area contributed by atoms with Gasteiger partial charge in [-0.2, -0.15) is 0 Å². The Bertz CT molecular complexity index is 971. The molecule has 0 aliphatic rings. The topological polar surface area (TPSA) is 68.3 Å². The molecule has 0 bridgehead atoms. The van der Waals surface area contributed by atoms with Crippen molar-refractivity contribution in [3.8, 4) is 5.75 Å². The molecular formula is C18H17ClN2O3S. The monoisotopic (exact) mass is 376 g/mol. The number of benzene rings is 2. The summed E-state index contributed by atoms with van der Waals surface area (Å²) in [4.78, 5) is 4.40. The maximum Gasteiger partial charge on any atom is 0.242 e.